The van der Waals surface area contributed by atoms with Gasteiger partial charge in [-0.25, -0.2) is 0 Å². The van der Waals surface area contributed by atoms with Crippen LogP contribution in [0.5, 0.6) is 0 Å². The second-order valence-electron chi connectivity index (χ2n) is 7.75. The molecule has 2 heterocycles. The zero-order chi connectivity index (χ0) is 18.5. The summed E-state index contributed by atoms with van der Waals surface area (Å²) < 4.78 is 7.83. The molecule has 27 heavy (non-hydrogen) atoms. The zero-order valence-electron chi connectivity index (χ0n) is 14.9. The van der Waals surface area contributed by atoms with E-state index < -0.39 is 0 Å². The molecule has 1 atom stereocenters. The number of carbonyl (C=O) groups excluding carboxylic acids is 1. The van der Waals surface area contributed by atoms with Crippen molar-refractivity contribution in [3.05, 3.63) is 49.3 Å². The average molecular weight is 498 g/mol. The first-order valence-electron chi connectivity index (χ1n) is 9.55. The third-order valence-electron chi connectivity index (χ3n) is 5.80. The highest BCUT2D eigenvalue weighted by atomic mass is 127. The van der Waals surface area contributed by atoms with E-state index in [2.05, 4.69) is 33.0 Å². The molecule has 0 spiro atoms. The summed E-state index contributed by atoms with van der Waals surface area (Å²) in [7, 11) is 0. The van der Waals surface area contributed by atoms with E-state index in [-0.39, 0.29) is 5.91 Å². The fourth-order valence-electron chi connectivity index (χ4n) is 4.15. The Hall–Kier alpha value is -0.960. The molecule has 7 heteroatoms. The summed E-state index contributed by atoms with van der Waals surface area (Å²) in [6.07, 6.45) is 5.09. The summed E-state index contributed by atoms with van der Waals surface area (Å²) in [6.45, 7) is 1.56. The number of nitrogens with one attached hydrogen (secondary N) is 1. The van der Waals surface area contributed by atoms with Crippen molar-refractivity contribution >= 4 is 40.1 Å². The molecule has 2 aliphatic carbocycles. The molecule has 2 fully saturated rings. The predicted octanol–water partition coefficient (Wildman–Crippen LogP) is 3.55. The first-order valence-corrected chi connectivity index (χ1v) is 11.0. The van der Waals surface area contributed by atoms with Crippen molar-refractivity contribution < 1.29 is 9.53 Å². The van der Waals surface area contributed by atoms with E-state index in [1.54, 1.807) is 4.68 Å². The van der Waals surface area contributed by atoms with Crippen molar-refractivity contribution in [2.45, 2.75) is 50.1 Å². The number of fused-ring (bicyclic) bond motifs is 1. The molecular formula is C20H21ClIN3O2. The molecule has 1 aromatic carbocycles. The number of ether oxygens (including phenoxy) is 1. The summed E-state index contributed by atoms with van der Waals surface area (Å²) in [5, 5.41) is 8.81. The molecule has 1 unspecified atom stereocenters. The molecule has 3 aliphatic rings. The van der Waals surface area contributed by atoms with Crippen LogP contribution in [-0.2, 0) is 17.6 Å². The Morgan fingerprint density at radius 3 is 2.78 bits per heavy atom. The third kappa shape index (κ3) is 3.34. The van der Waals surface area contributed by atoms with Gasteiger partial charge >= 0.3 is 0 Å². The van der Waals surface area contributed by atoms with Gasteiger partial charge in [0.25, 0.3) is 5.91 Å². The van der Waals surface area contributed by atoms with Crippen LogP contribution in [0.4, 0.5) is 0 Å². The quantitative estimate of drug-likeness (QED) is 0.657. The number of rotatable bonds is 4. The molecule has 1 saturated carbocycles. The number of hydrogen-bond donors (Lipinski definition) is 1. The van der Waals surface area contributed by atoms with Crippen LogP contribution in [0.15, 0.2) is 18.2 Å². The van der Waals surface area contributed by atoms with Gasteiger partial charge in [0.15, 0.2) is 0 Å². The molecule has 1 saturated heterocycles. The molecule has 0 bridgehead atoms. The van der Waals surface area contributed by atoms with Crippen molar-refractivity contribution in [1.29, 1.82) is 0 Å². The van der Waals surface area contributed by atoms with Crippen LogP contribution in [-0.4, -0.2) is 41.0 Å². The minimum absolute atomic E-state index is 0.0886. The fourth-order valence-corrected chi connectivity index (χ4v) is 5.21. The number of aromatic nitrogens is 2. The monoisotopic (exact) mass is 497 g/mol. The first kappa shape index (κ1) is 18.1. The Morgan fingerprint density at radius 1 is 1.26 bits per heavy atom. The Bertz CT molecular complexity index is 905. The van der Waals surface area contributed by atoms with Gasteiger partial charge in [-0.15, -0.1) is 0 Å². The van der Waals surface area contributed by atoms with E-state index in [9.17, 15) is 4.79 Å². The Balaban J connectivity index is 1.49. The summed E-state index contributed by atoms with van der Waals surface area (Å²) >= 11 is 8.72. The van der Waals surface area contributed by atoms with E-state index >= 15 is 0 Å². The van der Waals surface area contributed by atoms with Gasteiger partial charge in [0.2, 0.25) is 0 Å². The maximum atomic E-state index is 13.5. The van der Waals surface area contributed by atoms with E-state index in [1.165, 1.54) is 5.56 Å². The fraction of sp³-hybridized carbons (Fsp3) is 0.500. The molecule has 1 aromatic heterocycles. The Morgan fingerprint density at radius 2 is 2.07 bits per heavy atom. The van der Waals surface area contributed by atoms with E-state index in [0.29, 0.717) is 28.6 Å². The molecule has 5 nitrogen and oxygen atoms in total. The van der Waals surface area contributed by atoms with E-state index in [1.807, 2.05) is 18.2 Å². The number of benzene rings is 1. The topological polar surface area (TPSA) is 56.2 Å². The van der Waals surface area contributed by atoms with Crippen molar-refractivity contribution in [1.82, 2.24) is 15.1 Å². The van der Waals surface area contributed by atoms with Gasteiger partial charge in [-0.3, -0.25) is 4.79 Å². The molecule has 1 N–H and O–H groups in total. The van der Waals surface area contributed by atoms with Gasteiger partial charge in [-0.2, -0.15) is 9.78 Å². The number of halogens is 2. The van der Waals surface area contributed by atoms with Gasteiger partial charge in [-0.05, 0) is 65.8 Å². The lowest BCUT2D eigenvalue weighted by Crippen LogP contribution is -2.52. The lowest BCUT2D eigenvalue weighted by atomic mass is 9.92. The highest BCUT2D eigenvalue weighted by Gasteiger charge is 2.34. The summed E-state index contributed by atoms with van der Waals surface area (Å²) in [4.78, 5) is 13.5. The summed E-state index contributed by atoms with van der Waals surface area (Å²) in [6, 6.07) is 6.59. The second kappa shape index (κ2) is 7.13. The van der Waals surface area contributed by atoms with Gasteiger partial charge in [0.1, 0.15) is 3.70 Å². The maximum absolute atomic E-state index is 13.5. The number of hydrogen-bond acceptors (Lipinski definition) is 4. The van der Waals surface area contributed by atoms with Crippen molar-refractivity contribution in [3.8, 4) is 0 Å². The second-order valence-corrected chi connectivity index (χ2v) is 9.18. The van der Waals surface area contributed by atoms with Crippen LogP contribution >= 0.6 is 34.2 Å². The molecular weight excluding hydrogens is 477 g/mol. The smallest absolute Gasteiger partial charge is 0.280 e. The largest absolute Gasteiger partial charge is 0.378 e. The van der Waals surface area contributed by atoms with E-state index in [0.717, 1.165) is 60.3 Å². The zero-order valence-corrected chi connectivity index (χ0v) is 17.8. The van der Waals surface area contributed by atoms with Crippen molar-refractivity contribution in [2.75, 3.05) is 13.2 Å². The van der Waals surface area contributed by atoms with Crippen LogP contribution in [0.2, 0.25) is 5.02 Å². The van der Waals surface area contributed by atoms with Crippen LogP contribution in [0.1, 0.15) is 52.4 Å². The molecule has 2 aromatic rings. The molecule has 1 aliphatic heterocycles. The Labute approximate surface area is 176 Å². The number of carbonyl (C=O) groups is 1. The maximum Gasteiger partial charge on any atom is 0.280 e. The molecule has 0 amide bonds. The summed E-state index contributed by atoms with van der Waals surface area (Å²) in [5.74, 6) is 0.371. The van der Waals surface area contributed by atoms with Crippen LogP contribution in [0.25, 0.3) is 0 Å². The lowest BCUT2D eigenvalue weighted by Gasteiger charge is -2.33. The normalized spacial score (nSPS) is 22.4. The minimum Gasteiger partial charge on any atom is -0.378 e. The SMILES string of the molecule is O=C(c1c(Cl)cccc1C1CC1)n1nc(I)c2c1CC(NC1COC1)CC2. The van der Waals surface area contributed by atoms with Gasteiger partial charge in [0, 0.05) is 18.0 Å². The molecule has 0 radical (unpaired) electrons. The molecule has 142 valence electrons. The van der Waals surface area contributed by atoms with E-state index in [4.69, 9.17) is 16.3 Å². The predicted molar refractivity (Wildman–Crippen MR) is 112 cm³/mol. The standard InChI is InChI=1S/C20H21ClIN3O2/c21-16-3-1-2-14(11-4-5-11)18(16)20(26)25-17-8-12(23-13-9-27-10-13)6-7-15(17)19(22)24-25/h1-3,11-13,23H,4-10H2. The summed E-state index contributed by atoms with van der Waals surface area (Å²) in [5.41, 5.74) is 3.96. The Kier molecular flexibility index (Phi) is 4.78. The van der Waals surface area contributed by atoms with Gasteiger partial charge in [0.05, 0.1) is 35.5 Å². The van der Waals surface area contributed by atoms with Gasteiger partial charge in [-0.1, -0.05) is 23.7 Å². The van der Waals surface area contributed by atoms with Crippen LogP contribution in [0.3, 0.4) is 0 Å². The highest BCUT2D eigenvalue weighted by Crippen LogP contribution is 2.43. The van der Waals surface area contributed by atoms with Crippen molar-refractivity contribution in [2.24, 2.45) is 0 Å². The lowest BCUT2D eigenvalue weighted by molar-refractivity contribution is -0.0107. The minimum atomic E-state index is -0.0886. The van der Waals surface area contributed by atoms with Crippen LogP contribution in [0, 0.1) is 3.70 Å². The molecule has 5 rings (SSSR count). The highest BCUT2D eigenvalue weighted by molar-refractivity contribution is 14.1. The number of nitrogens with zero attached hydrogens (tertiary/aromatic N) is 2. The van der Waals surface area contributed by atoms with Gasteiger partial charge < -0.3 is 10.1 Å². The average Bonchev–Trinajstić information content (AvgIpc) is 3.42. The van der Waals surface area contributed by atoms with Crippen molar-refractivity contribution in [3.63, 3.8) is 0 Å². The van der Waals surface area contributed by atoms with Crippen LogP contribution < -0.4 is 5.32 Å². The third-order valence-corrected chi connectivity index (χ3v) is 6.98. The first-order chi connectivity index (χ1) is 13.1.